The molecule has 4 heterocycles. The third-order valence-electron chi connectivity index (χ3n) is 8.15. The van der Waals surface area contributed by atoms with Gasteiger partial charge in [-0.3, -0.25) is 14.7 Å². The van der Waals surface area contributed by atoms with E-state index in [1.807, 2.05) is 17.2 Å². The fraction of sp³-hybridized carbons (Fsp3) is 0.586. The number of anilines is 1. The number of hydrogen-bond acceptors (Lipinski definition) is 5. The molecule has 40 heavy (non-hydrogen) atoms. The zero-order valence-electron chi connectivity index (χ0n) is 23.3. The minimum Gasteiger partial charge on any atom is -0.311 e. The SMILES string of the molecule is C[C@@H]1CN(CC(=O)N2CC(C)(C)c3ncc(Cc4ccc(F)cc4)cc32)[C@@H](CN2CCC(F)(F)CC2)CN1.Cl.Cl. The Kier molecular flexibility index (Phi) is 10.6. The average Bonchev–Trinajstić information content (AvgIpc) is 3.13. The molecule has 11 heteroatoms. The van der Waals surface area contributed by atoms with Crippen LogP contribution < -0.4 is 10.2 Å². The molecule has 1 N–H and O–H groups in total. The number of alkyl halides is 2. The van der Waals surface area contributed by atoms with E-state index in [0.29, 0.717) is 32.6 Å². The first-order chi connectivity index (χ1) is 18.0. The number of benzene rings is 1. The van der Waals surface area contributed by atoms with E-state index in [2.05, 4.69) is 35.9 Å². The third kappa shape index (κ3) is 7.48. The largest absolute Gasteiger partial charge is 0.311 e. The molecule has 0 radical (unpaired) electrons. The van der Waals surface area contributed by atoms with Gasteiger partial charge in [-0.25, -0.2) is 13.2 Å². The first kappa shape index (κ1) is 32.6. The minimum atomic E-state index is -2.56. The highest BCUT2D eigenvalue weighted by Crippen LogP contribution is 2.40. The second-order valence-electron chi connectivity index (χ2n) is 11.9. The molecule has 222 valence electrons. The minimum absolute atomic E-state index is 0. The van der Waals surface area contributed by atoms with Gasteiger partial charge in [-0.2, -0.15) is 0 Å². The summed E-state index contributed by atoms with van der Waals surface area (Å²) >= 11 is 0. The van der Waals surface area contributed by atoms with Crippen molar-refractivity contribution in [2.75, 3.05) is 50.7 Å². The van der Waals surface area contributed by atoms with Crippen molar-refractivity contribution >= 4 is 36.4 Å². The molecule has 6 nitrogen and oxygen atoms in total. The van der Waals surface area contributed by atoms with E-state index in [-0.39, 0.29) is 73.4 Å². The number of piperidine rings is 1. The molecule has 0 bridgehead atoms. The van der Waals surface area contributed by atoms with Crippen LogP contribution in [0.3, 0.4) is 0 Å². The summed E-state index contributed by atoms with van der Waals surface area (Å²) in [7, 11) is 0. The lowest BCUT2D eigenvalue weighted by atomic mass is 9.91. The molecule has 0 saturated carbocycles. The standard InChI is InChI=1S/C29H38F3N5O.2ClH/c1-20-16-36(24(15-33-20)17-35-10-8-29(31,32)9-11-35)18-26(38)37-19-28(2,3)27-25(37)13-22(14-34-27)12-21-4-6-23(30)7-5-21;;/h4-7,13-14,20,24,33H,8-12,15-19H2,1-3H3;2*1H/t20-,24-;;/m1../s1. The molecule has 2 saturated heterocycles. The molecular weight excluding hydrogens is 562 g/mol. The Morgan fingerprint density at radius 3 is 2.45 bits per heavy atom. The number of piperazine rings is 1. The van der Waals surface area contributed by atoms with Crippen molar-refractivity contribution in [2.24, 2.45) is 0 Å². The van der Waals surface area contributed by atoms with E-state index >= 15 is 0 Å². The van der Waals surface area contributed by atoms with Crippen molar-refractivity contribution in [1.82, 2.24) is 20.1 Å². The highest BCUT2D eigenvalue weighted by atomic mass is 35.5. The van der Waals surface area contributed by atoms with Crippen molar-refractivity contribution < 1.29 is 18.0 Å². The van der Waals surface area contributed by atoms with Gasteiger partial charge in [0.1, 0.15) is 5.82 Å². The van der Waals surface area contributed by atoms with Crippen LogP contribution in [0.2, 0.25) is 0 Å². The van der Waals surface area contributed by atoms with Crippen LogP contribution in [0.1, 0.15) is 50.4 Å². The normalized spacial score (nSPS) is 24.1. The monoisotopic (exact) mass is 601 g/mol. The smallest absolute Gasteiger partial charge is 0.250 e. The maximum atomic E-state index is 13.8. The molecule has 2 atom stereocenters. The van der Waals surface area contributed by atoms with Gasteiger partial charge in [0.05, 0.1) is 17.9 Å². The molecule has 3 aliphatic rings. The lowest BCUT2D eigenvalue weighted by Crippen LogP contribution is -2.61. The van der Waals surface area contributed by atoms with Crippen LogP contribution >= 0.6 is 24.8 Å². The fourth-order valence-electron chi connectivity index (χ4n) is 5.96. The summed E-state index contributed by atoms with van der Waals surface area (Å²) in [6.45, 7) is 10.1. The number of carbonyl (C=O) groups is 1. The number of pyridine rings is 1. The van der Waals surface area contributed by atoms with Gasteiger partial charge < -0.3 is 15.1 Å². The van der Waals surface area contributed by atoms with E-state index < -0.39 is 5.92 Å². The first-order valence-electron chi connectivity index (χ1n) is 13.6. The van der Waals surface area contributed by atoms with Crippen molar-refractivity contribution in [2.45, 2.75) is 63.5 Å². The van der Waals surface area contributed by atoms with Crippen LogP contribution in [0, 0.1) is 5.82 Å². The van der Waals surface area contributed by atoms with Crippen molar-refractivity contribution in [3.8, 4) is 0 Å². The number of amides is 1. The summed E-state index contributed by atoms with van der Waals surface area (Å²) in [5.74, 6) is -2.80. The molecule has 3 aliphatic heterocycles. The topological polar surface area (TPSA) is 51.7 Å². The summed E-state index contributed by atoms with van der Waals surface area (Å²) < 4.78 is 40.7. The van der Waals surface area contributed by atoms with E-state index in [1.54, 1.807) is 12.1 Å². The second kappa shape index (κ2) is 12.9. The van der Waals surface area contributed by atoms with E-state index in [9.17, 15) is 18.0 Å². The van der Waals surface area contributed by atoms with Crippen LogP contribution in [0.5, 0.6) is 0 Å². The van der Waals surface area contributed by atoms with Crippen LogP contribution in [0.4, 0.5) is 18.9 Å². The van der Waals surface area contributed by atoms with Gasteiger partial charge in [0, 0.05) is 75.8 Å². The maximum Gasteiger partial charge on any atom is 0.250 e. The molecule has 1 aromatic carbocycles. The number of nitrogens with zero attached hydrogens (tertiary/aromatic N) is 4. The Hall–Kier alpha value is -1.91. The molecule has 1 aromatic heterocycles. The Balaban J connectivity index is 0.00000220. The van der Waals surface area contributed by atoms with Crippen molar-refractivity contribution in [3.05, 3.63) is 59.2 Å². The Morgan fingerprint density at radius 1 is 1.10 bits per heavy atom. The molecule has 5 rings (SSSR count). The van der Waals surface area contributed by atoms with Gasteiger partial charge in [0.2, 0.25) is 5.91 Å². The summed E-state index contributed by atoms with van der Waals surface area (Å²) in [5.41, 5.74) is 3.44. The predicted octanol–water partition coefficient (Wildman–Crippen LogP) is 4.67. The van der Waals surface area contributed by atoms with Gasteiger partial charge in [-0.15, -0.1) is 24.8 Å². The zero-order chi connectivity index (χ0) is 27.1. The molecule has 2 aromatic rings. The molecule has 0 aliphatic carbocycles. The zero-order valence-corrected chi connectivity index (χ0v) is 25.0. The van der Waals surface area contributed by atoms with Gasteiger partial charge >= 0.3 is 0 Å². The molecule has 0 unspecified atom stereocenters. The molecule has 0 spiro atoms. The number of hydrogen-bond donors (Lipinski definition) is 1. The number of halogens is 5. The van der Waals surface area contributed by atoms with E-state index in [4.69, 9.17) is 4.98 Å². The van der Waals surface area contributed by atoms with E-state index in [0.717, 1.165) is 35.6 Å². The number of nitrogens with one attached hydrogen (secondary N) is 1. The highest BCUT2D eigenvalue weighted by molar-refractivity contribution is 5.97. The first-order valence-corrected chi connectivity index (χ1v) is 13.6. The average molecular weight is 603 g/mol. The van der Waals surface area contributed by atoms with Crippen molar-refractivity contribution in [3.63, 3.8) is 0 Å². The lowest BCUT2D eigenvalue weighted by Gasteiger charge is -2.43. The third-order valence-corrected chi connectivity index (χ3v) is 8.15. The number of rotatable bonds is 6. The van der Waals surface area contributed by atoms with E-state index in [1.165, 1.54) is 12.1 Å². The number of likely N-dealkylation sites (tertiary alicyclic amines) is 1. The van der Waals surface area contributed by atoms with Gasteiger partial charge in [0.25, 0.3) is 5.92 Å². The van der Waals surface area contributed by atoms with Crippen LogP contribution in [0.25, 0.3) is 0 Å². The molecule has 2 fully saturated rings. The van der Waals surface area contributed by atoms with Crippen LogP contribution in [-0.4, -0.2) is 84.5 Å². The summed E-state index contributed by atoms with van der Waals surface area (Å²) in [6.07, 6.45) is 2.26. The highest BCUT2D eigenvalue weighted by Gasteiger charge is 2.41. The number of aromatic nitrogens is 1. The quantitative estimate of drug-likeness (QED) is 0.521. The Bertz CT molecular complexity index is 1160. The lowest BCUT2D eigenvalue weighted by molar-refractivity contribution is -0.121. The van der Waals surface area contributed by atoms with Gasteiger partial charge in [0.15, 0.2) is 0 Å². The molecule has 1 amide bonds. The molecular formula is C29H40Cl2F3N5O. The van der Waals surface area contributed by atoms with Gasteiger partial charge in [-0.1, -0.05) is 26.0 Å². The summed E-state index contributed by atoms with van der Waals surface area (Å²) in [5, 5.41) is 3.50. The number of carbonyl (C=O) groups excluding carboxylic acids is 1. The van der Waals surface area contributed by atoms with Gasteiger partial charge in [-0.05, 0) is 42.7 Å². The predicted molar refractivity (Wildman–Crippen MR) is 157 cm³/mol. The maximum absolute atomic E-state index is 13.8. The van der Waals surface area contributed by atoms with Crippen LogP contribution in [0.15, 0.2) is 36.5 Å². The van der Waals surface area contributed by atoms with Crippen LogP contribution in [-0.2, 0) is 16.6 Å². The number of fused-ring (bicyclic) bond motifs is 1. The summed E-state index contributed by atoms with van der Waals surface area (Å²) in [6, 6.07) is 8.82. The second-order valence-corrected chi connectivity index (χ2v) is 11.9. The van der Waals surface area contributed by atoms with Crippen molar-refractivity contribution in [1.29, 1.82) is 0 Å². The Morgan fingerprint density at radius 2 is 1.77 bits per heavy atom. The Labute approximate surface area is 247 Å². The summed E-state index contributed by atoms with van der Waals surface area (Å²) in [4.78, 5) is 24.7. The fourth-order valence-corrected chi connectivity index (χ4v) is 5.96.